The Kier molecular flexibility index (Phi) is 6.62. The molecule has 1 fully saturated rings. The average Bonchev–Trinajstić information content (AvgIpc) is 3.23. The lowest BCUT2D eigenvalue weighted by Gasteiger charge is -2.31. The first-order valence-electron chi connectivity index (χ1n) is 10.2. The zero-order valence-corrected chi connectivity index (χ0v) is 17.8. The Labute approximate surface area is 180 Å². The van der Waals surface area contributed by atoms with Crippen LogP contribution < -0.4 is 4.74 Å². The summed E-state index contributed by atoms with van der Waals surface area (Å²) in [5.41, 5.74) is 0.281. The number of rotatable bonds is 8. The maximum absolute atomic E-state index is 13.9. The molecule has 1 saturated heterocycles. The molecule has 4 rings (SSSR count). The maximum atomic E-state index is 13.9. The molecular weight excluding hydrogens is 421 g/mol. The third kappa shape index (κ3) is 5.48. The summed E-state index contributed by atoms with van der Waals surface area (Å²) >= 11 is 0. The van der Waals surface area contributed by atoms with Crippen molar-refractivity contribution in [1.29, 1.82) is 0 Å². The van der Waals surface area contributed by atoms with Crippen molar-refractivity contribution in [3.63, 3.8) is 0 Å². The van der Waals surface area contributed by atoms with Crippen LogP contribution in [-0.2, 0) is 16.4 Å². The molecule has 2 heterocycles. The lowest BCUT2D eigenvalue weighted by molar-refractivity contribution is 0.245. The fourth-order valence-corrected chi connectivity index (χ4v) is 5.09. The van der Waals surface area contributed by atoms with E-state index in [4.69, 9.17) is 9.26 Å². The highest BCUT2D eigenvalue weighted by Gasteiger charge is 2.30. The Hall–Kier alpha value is -2.78. The third-order valence-corrected chi connectivity index (χ3v) is 7.08. The molecule has 164 valence electrons. The van der Waals surface area contributed by atoms with E-state index in [0.717, 1.165) is 12.8 Å². The number of ether oxygens (including phenoxy) is 1. The van der Waals surface area contributed by atoms with Gasteiger partial charge in [0.2, 0.25) is 21.7 Å². The molecule has 0 bridgehead atoms. The number of aromatic nitrogens is 2. The van der Waals surface area contributed by atoms with Crippen molar-refractivity contribution < 1.29 is 22.1 Å². The van der Waals surface area contributed by atoms with Crippen molar-refractivity contribution in [3.05, 3.63) is 66.3 Å². The van der Waals surface area contributed by atoms with Gasteiger partial charge in [-0.25, -0.2) is 17.1 Å². The largest absolute Gasteiger partial charge is 0.492 e. The predicted molar refractivity (Wildman–Crippen MR) is 113 cm³/mol. The summed E-state index contributed by atoms with van der Waals surface area (Å²) in [4.78, 5) is 4.30. The van der Waals surface area contributed by atoms with E-state index in [1.807, 2.05) is 18.2 Å². The quantitative estimate of drug-likeness (QED) is 0.527. The van der Waals surface area contributed by atoms with Crippen molar-refractivity contribution in [2.45, 2.75) is 19.3 Å². The molecule has 31 heavy (non-hydrogen) atoms. The number of benzene rings is 2. The highest BCUT2D eigenvalue weighted by molar-refractivity contribution is 7.89. The van der Waals surface area contributed by atoms with Crippen LogP contribution in [0, 0.1) is 11.7 Å². The van der Waals surface area contributed by atoms with Crippen LogP contribution in [0.2, 0.25) is 0 Å². The topological polar surface area (TPSA) is 85.5 Å². The van der Waals surface area contributed by atoms with Gasteiger partial charge in [-0.2, -0.15) is 4.98 Å². The molecular formula is C22H24FN3O4S. The molecule has 0 radical (unpaired) electrons. The summed E-state index contributed by atoms with van der Waals surface area (Å²) in [6, 6.07) is 15.4. The Morgan fingerprint density at radius 2 is 1.90 bits per heavy atom. The fourth-order valence-electron chi connectivity index (χ4n) is 3.69. The van der Waals surface area contributed by atoms with Crippen molar-refractivity contribution in [2.24, 2.45) is 5.92 Å². The van der Waals surface area contributed by atoms with Gasteiger partial charge in [-0.1, -0.05) is 35.5 Å². The first-order valence-corrected chi connectivity index (χ1v) is 11.9. The molecule has 0 saturated carbocycles. The number of nitrogens with zero attached hydrogens (tertiary/aromatic N) is 3. The molecule has 0 spiro atoms. The molecule has 7 nitrogen and oxygen atoms in total. The van der Waals surface area contributed by atoms with E-state index in [-0.39, 0.29) is 29.7 Å². The normalized spacial score (nSPS) is 17.5. The average molecular weight is 446 g/mol. The number of hydrogen-bond donors (Lipinski definition) is 0. The van der Waals surface area contributed by atoms with E-state index in [1.54, 1.807) is 30.3 Å². The van der Waals surface area contributed by atoms with Gasteiger partial charge in [0.05, 0.1) is 11.3 Å². The second kappa shape index (κ2) is 9.57. The first kappa shape index (κ1) is 21.5. The van der Waals surface area contributed by atoms with Gasteiger partial charge in [-0.3, -0.25) is 0 Å². The smallest absolute Gasteiger partial charge is 0.227 e. The molecule has 1 aromatic heterocycles. The number of piperidine rings is 1. The molecule has 1 atom stereocenters. The number of hydrogen-bond acceptors (Lipinski definition) is 6. The Bertz CT molecular complexity index is 1100. The fraction of sp³-hybridized carbons (Fsp3) is 0.364. The van der Waals surface area contributed by atoms with Gasteiger partial charge < -0.3 is 9.26 Å². The minimum atomic E-state index is -3.43. The van der Waals surface area contributed by atoms with Crippen molar-refractivity contribution in [1.82, 2.24) is 14.4 Å². The molecule has 0 aliphatic carbocycles. The van der Waals surface area contributed by atoms with Crippen molar-refractivity contribution in [2.75, 3.05) is 25.4 Å². The summed E-state index contributed by atoms with van der Waals surface area (Å²) in [5, 5.41) is 3.88. The van der Waals surface area contributed by atoms with Gasteiger partial charge in [0, 0.05) is 19.5 Å². The standard InChI is InChI=1S/C22H24FN3O4S/c23-20-11-5-4-10-19(20)22-24-21(30-25-22)15-17-7-6-12-26(16-17)31(27,28)14-13-29-18-8-2-1-3-9-18/h1-5,8-11,17H,6-7,12-16H2. The van der Waals surface area contributed by atoms with Gasteiger partial charge in [0.15, 0.2) is 0 Å². The summed E-state index contributed by atoms with van der Waals surface area (Å²) in [7, 11) is -3.43. The Morgan fingerprint density at radius 1 is 1.13 bits per heavy atom. The van der Waals surface area contributed by atoms with Crippen molar-refractivity contribution >= 4 is 10.0 Å². The molecule has 1 aliphatic heterocycles. The summed E-state index contributed by atoms with van der Waals surface area (Å²) in [6.07, 6.45) is 2.08. The summed E-state index contributed by atoms with van der Waals surface area (Å²) < 4.78 is 51.8. The maximum Gasteiger partial charge on any atom is 0.227 e. The van der Waals surface area contributed by atoms with Crippen LogP contribution in [-0.4, -0.2) is 48.3 Å². The Balaban J connectivity index is 1.33. The van der Waals surface area contributed by atoms with Crippen LogP contribution in [0.15, 0.2) is 59.1 Å². The monoisotopic (exact) mass is 445 g/mol. The minimum absolute atomic E-state index is 0.0625. The van der Waals surface area contributed by atoms with Crippen LogP contribution in [0.1, 0.15) is 18.7 Å². The summed E-state index contributed by atoms with van der Waals surface area (Å²) in [5.74, 6) is 0.805. The molecule has 1 aliphatic rings. The Morgan fingerprint density at radius 3 is 2.71 bits per heavy atom. The molecule has 2 aromatic carbocycles. The van der Waals surface area contributed by atoms with Gasteiger partial charge >= 0.3 is 0 Å². The summed E-state index contributed by atoms with van der Waals surface area (Å²) in [6.45, 7) is 0.989. The van der Waals surface area contributed by atoms with E-state index in [1.165, 1.54) is 10.4 Å². The predicted octanol–water partition coefficient (Wildman–Crippen LogP) is 3.54. The highest BCUT2D eigenvalue weighted by atomic mass is 32.2. The highest BCUT2D eigenvalue weighted by Crippen LogP contribution is 2.25. The van der Waals surface area contributed by atoms with E-state index >= 15 is 0 Å². The van der Waals surface area contributed by atoms with E-state index in [2.05, 4.69) is 10.1 Å². The zero-order valence-electron chi connectivity index (χ0n) is 17.0. The molecule has 0 amide bonds. The van der Waals surface area contributed by atoms with E-state index in [0.29, 0.717) is 31.2 Å². The number of sulfonamides is 1. The molecule has 0 N–H and O–H groups in total. The van der Waals surface area contributed by atoms with Gasteiger partial charge in [-0.15, -0.1) is 0 Å². The van der Waals surface area contributed by atoms with Gasteiger partial charge in [-0.05, 0) is 43.0 Å². The van der Waals surface area contributed by atoms with Crippen LogP contribution in [0.25, 0.3) is 11.4 Å². The van der Waals surface area contributed by atoms with E-state index < -0.39 is 15.8 Å². The van der Waals surface area contributed by atoms with Crippen LogP contribution in [0.5, 0.6) is 5.75 Å². The lowest BCUT2D eigenvalue weighted by atomic mass is 9.96. The van der Waals surface area contributed by atoms with Crippen molar-refractivity contribution in [3.8, 4) is 17.1 Å². The molecule has 1 unspecified atom stereocenters. The van der Waals surface area contributed by atoms with Crippen LogP contribution >= 0.6 is 0 Å². The van der Waals surface area contributed by atoms with Gasteiger partial charge in [0.1, 0.15) is 18.2 Å². The molecule has 3 aromatic rings. The lowest BCUT2D eigenvalue weighted by Crippen LogP contribution is -2.42. The minimum Gasteiger partial charge on any atom is -0.492 e. The second-order valence-corrected chi connectivity index (χ2v) is 9.63. The van der Waals surface area contributed by atoms with Crippen LogP contribution in [0.4, 0.5) is 4.39 Å². The second-order valence-electron chi connectivity index (χ2n) is 7.54. The molecule has 9 heteroatoms. The SMILES string of the molecule is O=S(=O)(CCOc1ccccc1)N1CCCC(Cc2nc(-c3ccccc3F)no2)C1. The van der Waals surface area contributed by atoms with Gasteiger partial charge in [0.25, 0.3) is 0 Å². The number of para-hydroxylation sites is 1. The first-order chi connectivity index (χ1) is 15.0. The van der Waals surface area contributed by atoms with E-state index in [9.17, 15) is 12.8 Å². The van der Waals surface area contributed by atoms with Crippen LogP contribution in [0.3, 0.4) is 0 Å². The number of halogens is 1. The zero-order chi connectivity index (χ0) is 21.7. The third-order valence-electron chi connectivity index (χ3n) is 5.27.